The summed E-state index contributed by atoms with van der Waals surface area (Å²) in [5, 5.41) is 14.8. The number of nitro groups is 1. The van der Waals surface area contributed by atoms with Crippen molar-refractivity contribution in [3.8, 4) is 10.6 Å². The summed E-state index contributed by atoms with van der Waals surface area (Å²) < 4.78 is 5.94. The van der Waals surface area contributed by atoms with Crippen molar-refractivity contribution in [1.29, 1.82) is 0 Å². The average molecular weight is 447 g/mol. The number of nitrogens with one attached hydrogen (secondary N) is 1. The molecule has 0 saturated carbocycles. The van der Waals surface area contributed by atoms with Gasteiger partial charge in [-0.25, -0.2) is 9.78 Å². The van der Waals surface area contributed by atoms with Crippen LogP contribution in [0.1, 0.15) is 27.6 Å². The molecule has 0 radical (unpaired) electrons. The lowest BCUT2D eigenvalue weighted by molar-refractivity contribution is -0.384. The fourth-order valence-electron chi connectivity index (χ4n) is 3.14. The summed E-state index contributed by atoms with van der Waals surface area (Å²) in [7, 11) is 0. The highest BCUT2D eigenvalue weighted by Gasteiger charge is 2.20. The topological polar surface area (TPSA) is 111 Å². The van der Waals surface area contributed by atoms with Crippen molar-refractivity contribution >= 4 is 44.8 Å². The minimum atomic E-state index is -0.736. The second-order valence-corrected chi connectivity index (χ2v) is 7.76. The molecule has 0 fully saturated rings. The van der Waals surface area contributed by atoms with Crippen molar-refractivity contribution in [3.63, 3.8) is 0 Å². The van der Waals surface area contributed by atoms with E-state index in [0.29, 0.717) is 5.69 Å². The van der Waals surface area contributed by atoms with Crippen LogP contribution < -0.4 is 5.32 Å². The van der Waals surface area contributed by atoms with Gasteiger partial charge in [0.2, 0.25) is 0 Å². The maximum absolute atomic E-state index is 13.0. The van der Waals surface area contributed by atoms with Crippen LogP contribution in [0.5, 0.6) is 0 Å². The van der Waals surface area contributed by atoms with Gasteiger partial charge in [0, 0.05) is 23.3 Å². The van der Waals surface area contributed by atoms with Gasteiger partial charge in [0.1, 0.15) is 5.01 Å². The van der Waals surface area contributed by atoms with Gasteiger partial charge in [0.05, 0.1) is 33.0 Å². The number of benzene rings is 3. The summed E-state index contributed by atoms with van der Waals surface area (Å²) in [6.07, 6.45) is 0. The summed E-state index contributed by atoms with van der Waals surface area (Å²) in [6, 6.07) is 18.4. The van der Waals surface area contributed by atoms with Gasteiger partial charge in [-0.2, -0.15) is 0 Å². The normalized spacial score (nSPS) is 10.7. The van der Waals surface area contributed by atoms with Crippen LogP contribution in [0, 0.1) is 10.1 Å². The molecule has 0 aliphatic rings. The molecule has 1 heterocycles. The zero-order valence-electron chi connectivity index (χ0n) is 16.9. The largest absolute Gasteiger partial charge is 0.462 e. The third-order valence-corrected chi connectivity index (χ3v) is 5.67. The lowest BCUT2D eigenvalue weighted by atomic mass is 10.1. The van der Waals surface area contributed by atoms with Gasteiger partial charge in [-0.3, -0.25) is 14.9 Å². The van der Waals surface area contributed by atoms with Gasteiger partial charge in [-0.15, -0.1) is 11.3 Å². The molecule has 0 atom stereocenters. The van der Waals surface area contributed by atoms with Crippen molar-refractivity contribution < 1.29 is 19.2 Å². The Morgan fingerprint density at radius 1 is 1.06 bits per heavy atom. The lowest BCUT2D eigenvalue weighted by Gasteiger charge is -2.10. The molecule has 0 bridgehead atoms. The van der Waals surface area contributed by atoms with E-state index in [2.05, 4.69) is 10.3 Å². The molecule has 4 rings (SSSR count). The fraction of sp³-hybridized carbons (Fsp3) is 0.0870. The molecule has 0 saturated heterocycles. The number of non-ortho nitro benzene ring substituents is 1. The van der Waals surface area contributed by atoms with Crippen molar-refractivity contribution in [1.82, 2.24) is 4.98 Å². The highest BCUT2D eigenvalue weighted by Crippen LogP contribution is 2.34. The number of thiazole rings is 1. The van der Waals surface area contributed by atoms with Crippen molar-refractivity contribution in [3.05, 3.63) is 88.0 Å². The third-order valence-electron chi connectivity index (χ3n) is 4.60. The number of nitrogens with zero attached hydrogens (tertiary/aromatic N) is 2. The number of rotatable bonds is 6. The smallest absolute Gasteiger partial charge is 0.338 e. The van der Waals surface area contributed by atoms with E-state index in [-0.39, 0.29) is 23.4 Å². The van der Waals surface area contributed by atoms with Crippen LogP contribution in [-0.4, -0.2) is 28.4 Å². The number of anilines is 1. The van der Waals surface area contributed by atoms with E-state index in [1.807, 2.05) is 36.4 Å². The zero-order valence-corrected chi connectivity index (χ0v) is 17.7. The number of amides is 1. The summed E-state index contributed by atoms with van der Waals surface area (Å²) in [6.45, 7) is 1.74. The van der Waals surface area contributed by atoms with Gasteiger partial charge in [-0.1, -0.05) is 24.3 Å². The first-order valence-corrected chi connectivity index (χ1v) is 10.5. The van der Waals surface area contributed by atoms with Crippen LogP contribution in [-0.2, 0) is 4.74 Å². The Labute approximate surface area is 186 Å². The van der Waals surface area contributed by atoms with E-state index >= 15 is 0 Å². The van der Waals surface area contributed by atoms with Crippen LogP contribution >= 0.6 is 11.3 Å². The molecule has 4 aromatic rings. The number of esters is 1. The number of para-hydroxylation sites is 2. The quantitative estimate of drug-likeness (QED) is 0.244. The van der Waals surface area contributed by atoms with Crippen molar-refractivity contribution in [2.24, 2.45) is 0 Å². The fourth-order valence-corrected chi connectivity index (χ4v) is 4.15. The molecule has 1 amide bonds. The predicted molar refractivity (Wildman–Crippen MR) is 122 cm³/mol. The molecule has 3 aromatic carbocycles. The van der Waals surface area contributed by atoms with E-state index in [4.69, 9.17) is 4.74 Å². The molecule has 0 aliphatic carbocycles. The lowest BCUT2D eigenvalue weighted by Crippen LogP contribution is -2.15. The Kier molecular flexibility index (Phi) is 5.91. The first-order chi connectivity index (χ1) is 15.5. The number of carbonyl (C=O) groups excluding carboxylic acids is 2. The van der Waals surface area contributed by atoms with Crippen LogP contribution in [0.15, 0.2) is 66.7 Å². The van der Waals surface area contributed by atoms with E-state index in [1.165, 1.54) is 17.4 Å². The van der Waals surface area contributed by atoms with E-state index < -0.39 is 16.8 Å². The standard InChI is InChI=1S/C23H17N3O5S/c1-2-31-23(28)15-11-14(12-16(13-15)26(29)30)21(27)24-18-8-4-3-7-17(18)22-25-19-9-5-6-10-20(19)32-22/h3-13H,2H2,1H3,(H,24,27). The molecule has 32 heavy (non-hydrogen) atoms. The molecule has 0 unspecified atom stereocenters. The minimum absolute atomic E-state index is 0.0265. The predicted octanol–water partition coefficient (Wildman–Crippen LogP) is 5.30. The van der Waals surface area contributed by atoms with E-state index in [1.54, 1.807) is 19.1 Å². The molecular weight excluding hydrogens is 430 g/mol. The number of nitro benzene ring substituents is 1. The molecule has 1 N–H and O–H groups in total. The van der Waals surface area contributed by atoms with Crippen LogP contribution in [0.3, 0.4) is 0 Å². The zero-order chi connectivity index (χ0) is 22.7. The summed E-state index contributed by atoms with van der Waals surface area (Å²) >= 11 is 1.49. The monoisotopic (exact) mass is 447 g/mol. The highest BCUT2D eigenvalue weighted by molar-refractivity contribution is 7.21. The van der Waals surface area contributed by atoms with Crippen molar-refractivity contribution in [2.75, 3.05) is 11.9 Å². The van der Waals surface area contributed by atoms with Gasteiger partial charge >= 0.3 is 5.97 Å². The number of fused-ring (bicyclic) bond motifs is 1. The number of hydrogen-bond acceptors (Lipinski definition) is 7. The summed E-state index contributed by atoms with van der Waals surface area (Å²) in [5.41, 5.74) is 1.61. The van der Waals surface area contributed by atoms with Gasteiger partial charge in [0.15, 0.2) is 0 Å². The maximum atomic E-state index is 13.0. The van der Waals surface area contributed by atoms with Crippen LogP contribution in [0.2, 0.25) is 0 Å². The second kappa shape index (κ2) is 8.94. The van der Waals surface area contributed by atoms with Gasteiger partial charge in [-0.05, 0) is 37.3 Å². The average Bonchev–Trinajstić information content (AvgIpc) is 3.23. The van der Waals surface area contributed by atoms with Crippen LogP contribution in [0.25, 0.3) is 20.8 Å². The summed E-state index contributed by atoms with van der Waals surface area (Å²) in [4.78, 5) is 40.4. The number of ether oxygens (including phenoxy) is 1. The Balaban J connectivity index is 1.69. The molecule has 1 aromatic heterocycles. The number of carbonyl (C=O) groups is 2. The third kappa shape index (κ3) is 4.33. The first kappa shape index (κ1) is 21.1. The Morgan fingerprint density at radius 2 is 1.78 bits per heavy atom. The Hall–Kier alpha value is -4.11. The van der Waals surface area contributed by atoms with Gasteiger partial charge in [0.25, 0.3) is 11.6 Å². The molecule has 160 valence electrons. The Morgan fingerprint density at radius 3 is 2.53 bits per heavy atom. The highest BCUT2D eigenvalue weighted by atomic mass is 32.1. The minimum Gasteiger partial charge on any atom is -0.462 e. The van der Waals surface area contributed by atoms with E-state index in [0.717, 1.165) is 32.9 Å². The molecular formula is C23H17N3O5S. The van der Waals surface area contributed by atoms with Crippen molar-refractivity contribution in [2.45, 2.75) is 6.92 Å². The summed E-state index contributed by atoms with van der Waals surface area (Å²) in [5.74, 6) is -1.33. The molecule has 9 heteroatoms. The van der Waals surface area contributed by atoms with Gasteiger partial charge < -0.3 is 10.1 Å². The number of aromatic nitrogens is 1. The molecule has 0 spiro atoms. The molecule has 8 nitrogen and oxygen atoms in total. The number of hydrogen-bond donors (Lipinski definition) is 1. The molecule has 0 aliphatic heterocycles. The maximum Gasteiger partial charge on any atom is 0.338 e. The van der Waals surface area contributed by atoms with Crippen LogP contribution in [0.4, 0.5) is 11.4 Å². The second-order valence-electron chi connectivity index (χ2n) is 6.73. The van der Waals surface area contributed by atoms with E-state index in [9.17, 15) is 19.7 Å². The first-order valence-electron chi connectivity index (χ1n) is 9.69. The SMILES string of the molecule is CCOC(=O)c1cc(C(=O)Nc2ccccc2-c2nc3ccccc3s2)cc([N+](=O)[O-])c1. The Bertz CT molecular complexity index is 1320.